The van der Waals surface area contributed by atoms with Gasteiger partial charge in [0.05, 0.1) is 7.11 Å². The lowest BCUT2D eigenvalue weighted by Crippen LogP contribution is -2.30. The molecular weight excluding hydrogens is 262 g/mol. The average molecular weight is 283 g/mol. The van der Waals surface area contributed by atoms with E-state index in [9.17, 15) is 4.79 Å². The van der Waals surface area contributed by atoms with Gasteiger partial charge in [-0.05, 0) is 20.8 Å². The van der Waals surface area contributed by atoms with Crippen molar-refractivity contribution >= 4 is 23.8 Å². The Hall–Kier alpha value is -2.16. The number of hydrogen-bond acceptors (Lipinski definition) is 9. The molecule has 1 atom stereocenters. The largest absolute Gasteiger partial charge is 0.467 e. The predicted molar refractivity (Wildman–Crippen MR) is 76.3 cm³/mol. The first-order chi connectivity index (χ1) is 9.55. The lowest BCUT2D eigenvalue weighted by atomic mass is 10.3. The highest BCUT2D eigenvalue weighted by Crippen LogP contribution is 2.13. The second kappa shape index (κ2) is 7.43. The van der Waals surface area contributed by atoms with E-state index in [1.807, 2.05) is 18.7 Å². The highest BCUT2D eigenvalue weighted by Gasteiger charge is 2.16. The van der Waals surface area contributed by atoms with Crippen LogP contribution in [0.5, 0.6) is 0 Å². The Morgan fingerprint density at radius 3 is 2.40 bits per heavy atom. The van der Waals surface area contributed by atoms with Crippen LogP contribution >= 0.6 is 0 Å². The fourth-order valence-electron chi connectivity index (χ4n) is 1.57. The fourth-order valence-corrected chi connectivity index (χ4v) is 1.57. The minimum Gasteiger partial charge on any atom is -0.467 e. The molecule has 0 spiro atoms. The van der Waals surface area contributed by atoms with Gasteiger partial charge in [0.25, 0.3) is 0 Å². The van der Waals surface area contributed by atoms with E-state index in [1.54, 1.807) is 6.92 Å². The Morgan fingerprint density at radius 1 is 1.30 bits per heavy atom. The van der Waals surface area contributed by atoms with Crippen molar-refractivity contribution in [1.82, 2.24) is 15.0 Å². The number of esters is 1. The highest BCUT2D eigenvalue weighted by molar-refractivity contribution is 5.78. The molecular formula is C11H21N7O2. The van der Waals surface area contributed by atoms with Crippen molar-refractivity contribution in [3.8, 4) is 0 Å². The topological polar surface area (TPSA) is 118 Å². The number of nitrogens with one attached hydrogen (secondary N) is 2. The lowest BCUT2D eigenvalue weighted by molar-refractivity contribution is -0.141. The van der Waals surface area contributed by atoms with Crippen LogP contribution in [0, 0.1) is 0 Å². The molecule has 1 heterocycles. The molecule has 0 bridgehead atoms. The zero-order valence-electron chi connectivity index (χ0n) is 12.2. The number of hydrazine groups is 1. The molecule has 20 heavy (non-hydrogen) atoms. The van der Waals surface area contributed by atoms with E-state index < -0.39 is 12.0 Å². The Balaban J connectivity index is 3.01. The Labute approximate surface area is 117 Å². The zero-order chi connectivity index (χ0) is 15.1. The van der Waals surface area contributed by atoms with Crippen molar-refractivity contribution < 1.29 is 9.53 Å². The van der Waals surface area contributed by atoms with Crippen molar-refractivity contribution in [1.29, 1.82) is 0 Å². The number of rotatable bonds is 7. The van der Waals surface area contributed by atoms with Crippen molar-refractivity contribution in [3.05, 3.63) is 0 Å². The number of ether oxygens (including phenoxy) is 1. The maximum absolute atomic E-state index is 11.4. The van der Waals surface area contributed by atoms with Gasteiger partial charge in [-0.3, -0.25) is 5.43 Å². The van der Waals surface area contributed by atoms with Crippen molar-refractivity contribution in [2.45, 2.75) is 26.8 Å². The van der Waals surface area contributed by atoms with E-state index in [0.717, 1.165) is 13.1 Å². The van der Waals surface area contributed by atoms with Gasteiger partial charge in [0.15, 0.2) is 0 Å². The quantitative estimate of drug-likeness (QED) is 0.360. The standard InChI is InChI=1S/C11H21N7O2/c1-5-18(6-2)11-15-9(14-10(16-11)17-12)13-7(3)8(19)20-4/h7H,5-6,12H2,1-4H3,(H2,13,14,15,16,17). The van der Waals surface area contributed by atoms with Crippen LogP contribution in [0.3, 0.4) is 0 Å². The summed E-state index contributed by atoms with van der Waals surface area (Å²) in [7, 11) is 1.32. The van der Waals surface area contributed by atoms with E-state index in [2.05, 4.69) is 30.4 Å². The fraction of sp³-hybridized carbons (Fsp3) is 0.636. The number of anilines is 3. The number of nitrogen functional groups attached to an aromatic ring is 1. The normalized spacial score (nSPS) is 11.7. The van der Waals surface area contributed by atoms with Crippen LogP contribution in [-0.2, 0) is 9.53 Å². The molecule has 0 amide bonds. The maximum Gasteiger partial charge on any atom is 0.328 e. The minimum absolute atomic E-state index is 0.224. The number of nitrogens with two attached hydrogens (primary N) is 1. The third-order valence-electron chi connectivity index (χ3n) is 2.70. The first-order valence-corrected chi connectivity index (χ1v) is 6.37. The number of carbonyl (C=O) groups is 1. The average Bonchev–Trinajstić information content (AvgIpc) is 2.47. The summed E-state index contributed by atoms with van der Waals surface area (Å²) in [5, 5.41) is 2.85. The molecule has 0 radical (unpaired) electrons. The number of carbonyl (C=O) groups excluding carboxylic acids is 1. The molecule has 0 saturated heterocycles. The Bertz CT molecular complexity index is 450. The molecule has 0 fully saturated rings. The third kappa shape index (κ3) is 3.92. The van der Waals surface area contributed by atoms with Crippen LogP contribution < -0.4 is 21.5 Å². The number of nitrogens with zero attached hydrogens (tertiary/aromatic N) is 4. The van der Waals surface area contributed by atoms with Crippen molar-refractivity contribution in [3.63, 3.8) is 0 Å². The van der Waals surface area contributed by atoms with Gasteiger partial charge >= 0.3 is 5.97 Å². The highest BCUT2D eigenvalue weighted by atomic mass is 16.5. The summed E-state index contributed by atoms with van der Waals surface area (Å²) >= 11 is 0. The summed E-state index contributed by atoms with van der Waals surface area (Å²) in [6.07, 6.45) is 0. The van der Waals surface area contributed by atoms with Gasteiger partial charge in [0.1, 0.15) is 6.04 Å². The van der Waals surface area contributed by atoms with E-state index in [-0.39, 0.29) is 11.9 Å². The van der Waals surface area contributed by atoms with Crippen LogP contribution in [-0.4, -0.2) is 47.2 Å². The molecule has 0 aliphatic rings. The molecule has 1 aromatic rings. The van der Waals surface area contributed by atoms with Crippen LogP contribution in [0.25, 0.3) is 0 Å². The zero-order valence-corrected chi connectivity index (χ0v) is 12.2. The number of aromatic nitrogens is 3. The third-order valence-corrected chi connectivity index (χ3v) is 2.70. The van der Waals surface area contributed by atoms with Gasteiger partial charge in [-0.15, -0.1) is 0 Å². The first-order valence-electron chi connectivity index (χ1n) is 6.37. The molecule has 1 rings (SSSR count). The molecule has 0 saturated carbocycles. The van der Waals surface area contributed by atoms with Crippen LogP contribution in [0.2, 0.25) is 0 Å². The molecule has 4 N–H and O–H groups in total. The molecule has 112 valence electrons. The molecule has 0 aliphatic carbocycles. The van der Waals surface area contributed by atoms with Crippen molar-refractivity contribution in [2.75, 3.05) is 35.8 Å². The SMILES string of the molecule is CCN(CC)c1nc(NN)nc(NC(C)C(=O)OC)n1. The summed E-state index contributed by atoms with van der Waals surface area (Å²) in [5.41, 5.74) is 2.38. The Kier molecular flexibility index (Phi) is 5.91. The van der Waals surface area contributed by atoms with Crippen LogP contribution in [0.1, 0.15) is 20.8 Å². The lowest BCUT2D eigenvalue weighted by Gasteiger charge is -2.20. The van der Waals surface area contributed by atoms with E-state index in [1.165, 1.54) is 7.11 Å². The van der Waals surface area contributed by atoms with E-state index >= 15 is 0 Å². The number of hydrogen-bond donors (Lipinski definition) is 3. The molecule has 1 aromatic heterocycles. The summed E-state index contributed by atoms with van der Waals surface area (Å²) in [6, 6.07) is -0.572. The van der Waals surface area contributed by atoms with Gasteiger partial charge in [-0.1, -0.05) is 0 Å². The first kappa shape index (κ1) is 15.9. The summed E-state index contributed by atoms with van der Waals surface area (Å²) in [6.45, 7) is 7.13. The van der Waals surface area contributed by atoms with Gasteiger partial charge in [-0.25, -0.2) is 10.6 Å². The molecule has 1 unspecified atom stereocenters. The van der Waals surface area contributed by atoms with Crippen molar-refractivity contribution in [2.24, 2.45) is 5.84 Å². The molecule has 9 nitrogen and oxygen atoms in total. The summed E-state index contributed by atoms with van der Waals surface area (Å²) < 4.78 is 4.64. The number of methoxy groups -OCH3 is 1. The van der Waals surface area contributed by atoms with E-state index in [0.29, 0.717) is 5.95 Å². The summed E-state index contributed by atoms with van der Waals surface area (Å²) in [5.74, 6) is 5.91. The second-order valence-electron chi connectivity index (χ2n) is 3.99. The van der Waals surface area contributed by atoms with Crippen LogP contribution in [0.15, 0.2) is 0 Å². The molecule has 0 aliphatic heterocycles. The molecule has 9 heteroatoms. The minimum atomic E-state index is -0.572. The predicted octanol–water partition coefficient (Wildman–Crippen LogP) is -0.0232. The monoisotopic (exact) mass is 283 g/mol. The summed E-state index contributed by atoms with van der Waals surface area (Å²) in [4.78, 5) is 25.8. The van der Waals surface area contributed by atoms with Gasteiger partial charge in [0, 0.05) is 13.1 Å². The smallest absolute Gasteiger partial charge is 0.328 e. The van der Waals surface area contributed by atoms with Gasteiger partial charge in [-0.2, -0.15) is 15.0 Å². The Morgan fingerprint density at radius 2 is 1.90 bits per heavy atom. The van der Waals surface area contributed by atoms with E-state index in [4.69, 9.17) is 5.84 Å². The molecule has 0 aromatic carbocycles. The van der Waals surface area contributed by atoms with Crippen LogP contribution in [0.4, 0.5) is 17.8 Å². The van der Waals surface area contributed by atoms with Gasteiger partial charge < -0.3 is 15.0 Å². The second-order valence-corrected chi connectivity index (χ2v) is 3.99. The van der Waals surface area contributed by atoms with Gasteiger partial charge in [0.2, 0.25) is 17.8 Å². The maximum atomic E-state index is 11.4.